The molecule has 6 nitrogen and oxygen atoms in total. The molecule has 2 fully saturated rings. The molecule has 2 unspecified atom stereocenters. The fourth-order valence-corrected chi connectivity index (χ4v) is 4.13. The third-order valence-corrected chi connectivity index (χ3v) is 5.39. The summed E-state index contributed by atoms with van der Waals surface area (Å²) in [6, 6.07) is -0.409. The van der Waals surface area contributed by atoms with Gasteiger partial charge in [0, 0.05) is 25.1 Å². The summed E-state index contributed by atoms with van der Waals surface area (Å²) in [6.07, 6.45) is 3.46. The van der Waals surface area contributed by atoms with Gasteiger partial charge in [-0.25, -0.2) is 4.98 Å². The van der Waals surface area contributed by atoms with Crippen molar-refractivity contribution in [3.8, 4) is 0 Å². The van der Waals surface area contributed by atoms with Crippen molar-refractivity contribution in [1.29, 1.82) is 0 Å². The van der Waals surface area contributed by atoms with Gasteiger partial charge in [0.25, 0.3) is 5.91 Å². The molecule has 1 N–H and O–H groups in total. The van der Waals surface area contributed by atoms with E-state index in [1.807, 2.05) is 0 Å². The molecule has 2 saturated heterocycles. The minimum atomic E-state index is -0.409. The van der Waals surface area contributed by atoms with E-state index in [2.05, 4.69) is 24.1 Å². The average molecular weight is 351 g/mol. The Bertz CT molecular complexity index is 596. The number of hydrogen-bond acceptors (Lipinski definition) is 5. The maximum atomic E-state index is 13.0. The van der Waals surface area contributed by atoms with E-state index in [9.17, 15) is 9.59 Å². The molecule has 7 heteroatoms. The number of carbonyl (C=O) groups is 2. The SMILES string of the molecule is CC(C)CC1C(=O)NCCCN1C(=O)c1csc(C2CCCO2)n1. The molecule has 2 atom stereocenters. The van der Waals surface area contributed by atoms with Gasteiger partial charge in [-0.2, -0.15) is 0 Å². The van der Waals surface area contributed by atoms with Crippen LogP contribution in [0.15, 0.2) is 5.38 Å². The Morgan fingerprint density at radius 3 is 3.04 bits per heavy atom. The van der Waals surface area contributed by atoms with E-state index < -0.39 is 6.04 Å². The van der Waals surface area contributed by atoms with Crippen molar-refractivity contribution >= 4 is 23.2 Å². The van der Waals surface area contributed by atoms with Crippen molar-refractivity contribution < 1.29 is 14.3 Å². The lowest BCUT2D eigenvalue weighted by molar-refractivity contribution is -0.125. The van der Waals surface area contributed by atoms with E-state index in [0.717, 1.165) is 30.9 Å². The quantitative estimate of drug-likeness (QED) is 0.904. The highest BCUT2D eigenvalue weighted by molar-refractivity contribution is 7.09. The fourth-order valence-electron chi connectivity index (χ4n) is 3.25. The molecule has 3 heterocycles. The number of carbonyl (C=O) groups excluding carboxylic acids is 2. The van der Waals surface area contributed by atoms with Crippen molar-refractivity contribution in [2.24, 2.45) is 5.92 Å². The van der Waals surface area contributed by atoms with E-state index in [1.54, 1.807) is 10.3 Å². The van der Waals surface area contributed by atoms with Crippen molar-refractivity contribution in [2.75, 3.05) is 19.7 Å². The highest BCUT2D eigenvalue weighted by atomic mass is 32.1. The molecule has 3 rings (SSSR count). The van der Waals surface area contributed by atoms with Crippen molar-refractivity contribution in [3.05, 3.63) is 16.1 Å². The Morgan fingerprint density at radius 2 is 2.33 bits per heavy atom. The van der Waals surface area contributed by atoms with Gasteiger partial charge in [-0.15, -0.1) is 11.3 Å². The second-order valence-corrected chi connectivity index (χ2v) is 7.75. The predicted octanol–water partition coefficient (Wildman–Crippen LogP) is 2.37. The van der Waals surface area contributed by atoms with Crippen molar-refractivity contribution in [2.45, 2.75) is 51.7 Å². The normalized spacial score (nSPS) is 25.0. The molecular weight excluding hydrogens is 326 g/mol. The van der Waals surface area contributed by atoms with Gasteiger partial charge in [0.15, 0.2) is 0 Å². The largest absolute Gasteiger partial charge is 0.371 e. The summed E-state index contributed by atoms with van der Waals surface area (Å²) in [6.45, 7) is 6.10. The molecule has 0 aliphatic carbocycles. The monoisotopic (exact) mass is 351 g/mol. The maximum Gasteiger partial charge on any atom is 0.274 e. The summed E-state index contributed by atoms with van der Waals surface area (Å²) < 4.78 is 5.65. The Morgan fingerprint density at radius 1 is 1.50 bits per heavy atom. The summed E-state index contributed by atoms with van der Waals surface area (Å²) in [5.41, 5.74) is 0.439. The summed E-state index contributed by atoms with van der Waals surface area (Å²) >= 11 is 1.48. The van der Waals surface area contributed by atoms with Gasteiger partial charge in [-0.3, -0.25) is 9.59 Å². The highest BCUT2D eigenvalue weighted by Gasteiger charge is 2.34. The van der Waals surface area contributed by atoms with Crippen LogP contribution in [0, 0.1) is 5.92 Å². The summed E-state index contributed by atoms with van der Waals surface area (Å²) in [4.78, 5) is 31.5. The zero-order valence-corrected chi connectivity index (χ0v) is 15.1. The molecule has 0 spiro atoms. The molecular formula is C17H25N3O3S. The second-order valence-electron chi connectivity index (χ2n) is 6.86. The van der Waals surface area contributed by atoms with Gasteiger partial charge in [-0.1, -0.05) is 13.8 Å². The molecule has 0 saturated carbocycles. The van der Waals surface area contributed by atoms with E-state index in [0.29, 0.717) is 31.1 Å². The van der Waals surface area contributed by atoms with Crippen LogP contribution < -0.4 is 5.32 Å². The second kappa shape index (κ2) is 7.61. The van der Waals surface area contributed by atoms with E-state index in [4.69, 9.17) is 4.74 Å². The Labute approximate surface area is 146 Å². The van der Waals surface area contributed by atoms with Crippen LogP contribution in [0.25, 0.3) is 0 Å². The number of amides is 2. The Kier molecular flexibility index (Phi) is 5.50. The molecule has 2 aliphatic rings. The number of aromatic nitrogens is 1. The van der Waals surface area contributed by atoms with Crippen LogP contribution >= 0.6 is 11.3 Å². The van der Waals surface area contributed by atoms with Gasteiger partial charge in [0.05, 0.1) is 0 Å². The lowest BCUT2D eigenvalue weighted by Crippen LogP contribution is -2.48. The standard InChI is InChI=1S/C17H25N3O3S/c1-11(2)9-13-15(21)18-6-4-7-20(13)17(22)12-10-24-16(19-12)14-5-3-8-23-14/h10-11,13-14H,3-9H2,1-2H3,(H,18,21). The number of hydrogen-bond donors (Lipinski definition) is 1. The first-order chi connectivity index (χ1) is 11.6. The summed E-state index contributed by atoms with van der Waals surface area (Å²) in [5.74, 6) is 0.148. The minimum absolute atomic E-state index is 0.0236. The van der Waals surface area contributed by atoms with Crippen LogP contribution in [-0.2, 0) is 9.53 Å². The first-order valence-electron chi connectivity index (χ1n) is 8.72. The number of rotatable bonds is 4. The highest BCUT2D eigenvalue weighted by Crippen LogP contribution is 2.31. The van der Waals surface area contributed by atoms with Crippen LogP contribution in [0.4, 0.5) is 0 Å². The number of ether oxygens (including phenoxy) is 1. The predicted molar refractivity (Wildman–Crippen MR) is 91.9 cm³/mol. The van der Waals surface area contributed by atoms with Crippen molar-refractivity contribution in [1.82, 2.24) is 15.2 Å². The minimum Gasteiger partial charge on any atom is -0.371 e. The van der Waals surface area contributed by atoms with Crippen LogP contribution in [0.5, 0.6) is 0 Å². The average Bonchev–Trinajstić information content (AvgIpc) is 3.20. The summed E-state index contributed by atoms with van der Waals surface area (Å²) in [5, 5.41) is 5.59. The van der Waals surface area contributed by atoms with E-state index >= 15 is 0 Å². The number of nitrogens with one attached hydrogen (secondary N) is 1. The lowest BCUT2D eigenvalue weighted by Gasteiger charge is -2.29. The van der Waals surface area contributed by atoms with E-state index in [1.165, 1.54) is 11.3 Å². The summed E-state index contributed by atoms with van der Waals surface area (Å²) in [7, 11) is 0. The van der Waals surface area contributed by atoms with Gasteiger partial charge < -0.3 is 15.0 Å². The first kappa shape index (κ1) is 17.4. The smallest absolute Gasteiger partial charge is 0.274 e. The van der Waals surface area contributed by atoms with Gasteiger partial charge in [-0.05, 0) is 31.6 Å². The van der Waals surface area contributed by atoms with E-state index in [-0.39, 0.29) is 17.9 Å². The molecule has 132 valence electrons. The fraction of sp³-hybridized carbons (Fsp3) is 0.706. The van der Waals surface area contributed by atoms with Gasteiger partial charge in [0.2, 0.25) is 5.91 Å². The van der Waals surface area contributed by atoms with Crippen LogP contribution in [-0.4, -0.2) is 47.4 Å². The van der Waals surface area contributed by atoms with Gasteiger partial charge in [0.1, 0.15) is 22.8 Å². The topological polar surface area (TPSA) is 71.5 Å². The van der Waals surface area contributed by atoms with Crippen molar-refractivity contribution in [3.63, 3.8) is 0 Å². The third kappa shape index (κ3) is 3.78. The van der Waals surface area contributed by atoms with Crippen LogP contribution in [0.1, 0.15) is 61.1 Å². The molecule has 0 radical (unpaired) electrons. The molecule has 1 aromatic rings. The lowest BCUT2D eigenvalue weighted by atomic mass is 10.0. The zero-order valence-electron chi connectivity index (χ0n) is 14.3. The molecule has 24 heavy (non-hydrogen) atoms. The third-order valence-electron chi connectivity index (χ3n) is 4.46. The zero-order chi connectivity index (χ0) is 17.1. The van der Waals surface area contributed by atoms with Crippen LogP contribution in [0.2, 0.25) is 0 Å². The number of nitrogens with zero attached hydrogens (tertiary/aromatic N) is 2. The molecule has 0 aromatic carbocycles. The Hall–Kier alpha value is -1.47. The molecule has 2 aliphatic heterocycles. The number of thiazole rings is 1. The molecule has 1 aromatic heterocycles. The Balaban J connectivity index is 1.78. The van der Waals surface area contributed by atoms with Crippen LogP contribution in [0.3, 0.4) is 0 Å². The van der Waals surface area contributed by atoms with Gasteiger partial charge >= 0.3 is 0 Å². The molecule has 0 bridgehead atoms. The molecule has 2 amide bonds. The first-order valence-corrected chi connectivity index (χ1v) is 9.60. The maximum absolute atomic E-state index is 13.0.